The summed E-state index contributed by atoms with van der Waals surface area (Å²) in [6, 6.07) is 66.3. The first-order valence-electron chi connectivity index (χ1n) is 28.6. The van der Waals surface area contributed by atoms with Gasteiger partial charge in [0.1, 0.15) is 0 Å². The molecule has 1 heterocycles. The first-order chi connectivity index (χ1) is 36.4. The van der Waals surface area contributed by atoms with Crippen LogP contribution in [0.3, 0.4) is 0 Å². The molecule has 0 N–H and O–H groups in total. The molecule has 0 atom stereocenters. The van der Waals surface area contributed by atoms with Crippen LogP contribution in [0, 0.1) is 0 Å². The summed E-state index contributed by atoms with van der Waals surface area (Å²) < 4.78 is 2.49. The van der Waals surface area contributed by atoms with Crippen LogP contribution in [0.25, 0.3) is 82.1 Å². The maximum atomic E-state index is 2.61. The molecule has 0 aliphatic carbocycles. The van der Waals surface area contributed by atoms with E-state index in [0.717, 1.165) is 5.69 Å². The number of fused-ring (bicyclic) bond motifs is 3. The lowest BCUT2D eigenvalue weighted by atomic mass is 9.77. The number of hydrogen-bond acceptors (Lipinski definition) is 1. The van der Waals surface area contributed by atoms with E-state index in [1.807, 2.05) is 0 Å². The maximum Gasteiger partial charge on any atom is 0.0541 e. The van der Waals surface area contributed by atoms with Crippen molar-refractivity contribution in [2.24, 2.45) is 0 Å². The van der Waals surface area contributed by atoms with Crippen molar-refractivity contribution in [3.63, 3.8) is 0 Å². The molecule has 0 saturated heterocycles. The molecule has 11 rings (SSSR count). The quantitative estimate of drug-likeness (QED) is 0.151. The van der Waals surface area contributed by atoms with Crippen molar-refractivity contribution in [2.75, 3.05) is 4.90 Å². The van der Waals surface area contributed by atoms with Crippen molar-refractivity contribution in [3.05, 3.63) is 203 Å². The number of hydrogen-bond donors (Lipinski definition) is 0. The molecule has 396 valence electrons. The molecular weight excluding hydrogens is 941 g/mol. The van der Waals surface area contributed by atoms with E-state index in [9.17, 15) is 0 Å². The van der Waals surface area contributed by atoms with Crippen LogP contribution < -0.4 is 4.90 Å². The summed E-state index contributed by atoms with van der Waals surface area (Å²) in [4.78, 5) is 2.61. The average Bonchev–Trinajstić information content (AvgIpc) is 3.92. The molecule has 0 fully saturated rings. The third kappa shape index (κ3) is 9.48. The molecule has 0 unspecified atom stereocenters. The van der Waals surface area contributed by atoms with Crippen LogP contribution >= 0.6 is 0 Å². The van der Waals surface area contributed by atoms with Crippen LogP contribution in [0.15, 0.2) is 170 Å². The van der Waals surface area contributed by atoms with Crippen LogP contribution in [0.5, 0.6) is 0 Å². The first kappa shape index (κ1) is 52.9. The minimum absolute atomic E-state index is 0.00317. The average molecular weight is 1020 g/mol. The predicted octanol–water partition coefficient (Wildman–Crippen LogP) is 22.3. The van der Waals surface area contributed by atoms with Gasteiger partial charge in [-0.05, 0) is 164 Å². The maximum absolute atomic E-state index is 2.61. The zero-order valence-corrected chi connectivity index (χ0v) is 50.1. The summed E-state index contributed by atoms with van der Waals surface area (Å²) in [5.74, 6) is 0. The number of para-hydroxylation sites is 2. The predicted molar refractivity (Wildman–Crippen MR) is 342 cm³/mol. The molecule has 0 aliphatic heterocycles. The van der Waals surface area contributed by atoms with Gasteiger partial charge in [-0.25, -0.2) is 0 Å². The van der Waals surface area contributed by atoms with Gasteiger partial charge in [0.05, 0.1) is 22.4 Å². The van der Waals surface area contributed by atoms with Gasteiger partial charge in [0.2, 0.25) is 0 Å². The molecule has 0 saturated carbocycles. The fraction of sp³-hybridized carbons (Fsp3) is 0.316. The van der Waals surface area contributed by atoms with Gasteiger partial charge in [0.15, 0.2) is 0 Å². The van der Waals surface area contributed by atoms with Gasteiger partial charge in [-0.1, -0.05) is 240 Å². The summed E-state index contributed by atoms with van der Waals surface area (Å²) in [6.07, 6.45) is 0. The lowest BCUT2D eigenvalue weighted by Crippen LogP contribution is -2.20. The number of rotatable bonds is 6. The topological polar surface area (TPSA) is 8.17 Å². The summed E-state index contributed by atoms with van der Waals surface area (Å²) in [6.45, 7) is 42.3. The van der Waals surface area contributed by atoms with Gasteiger partial charge >= 0.3 is 0 Å². The Morgan fingerprint density at radius 2 is 0.615 bits per heavy atom. The van der Waals surface area contributed by atoms with Gasteiger partial charge in [-0.2, -0.15) is 0 Å². The molecule has 11 aromatic rings. The van der Waals surface area contributed by atoms with Crippen LogP contribution in [-0.4, -0.2) is 4.57 Å². The lowest BCUT2D eigenvalue weighted by Gasteiger charge is -2.33. The monoisotopic (exact) mass is 1020 g/mol. The Balaban J connectivity index is 1.21. The largest absolute Gasteiger partial charge is 0.310 e. The highest BCUT2D eigenvalue weighted by atomic mass is 15.1. The summed E-state index contributed by atoms with van der Waals surface area (Å²) >= 11 is 0. The lowest BCUT2D eigenvalue weighted by molar-refractivity contribution is 0.568. The van der Waals surface area contributed by atoms with E-state index in [0.29, 0.717) is 0 Å². The van der Waals surface area contributed by atoms with Crippen molar-refractivity contribution in [3.8, 4) is 27.9 Å². The minimum atomic E-state index is -0.154. The fourth-order valence-corrected chi connectivity index (χ4v) is 11.8. The summed E-state index contributed by atoms with van der Waals surface area (Å²) in [7, 11) is 0. The molecule has 2 heteroatoms. The number of aromatic nitrogens is 1. The molecule has 0 aliphatic rings. The third-order valence-electron chi connectivity index (χ3n) is 16.8. The summed E-state index contributed by atoms with van der Waals surface area (Å²) in [5, 5.41) is 10.1. The van der Waals surface area contributed by atoms with Crippen molar-refractivity contribution in [1.29, 1.82) is 0 Å². The van der Waals surface area contributed by atoms with Crippen LogP contribution in [0.2, 0.25) is 0 Å². The summed E-state index contributed by atoms with van der Waals surface area (Å²) in [5.41, 5.74) is 19.7. The highest BCUT2D eigenvalue weighted by Gasteiger charge is 2.29. The van der Waals surface area contributed by atoms with Gasteiger partial charge in [0, 0.05) is 32.9 Å². The fourth-order valence-electron chi connectivity index (χ4n) is 11.8. The Morgan fingerprint density at radius 3 is 1.08 bits per heavy atom. The van der Waals surface area contributed by atoms with Crippen LogP contribution in [0.1, 0.15) is 158 Å². The third-order valence-corrected chi connectivity index (χ3v) is 16.8. The minimum Gasteiger partial charge on any atom is -0.310 e. The molecule has 0 bridgehead atoms. The van der Waals surface area contributed by atoms with E-state index in [4.69, 9.17) is 0 Å². The van der Waals surface area contributed by atoms with E-state index in [1.54, 1.807) is 0 Å². The molecule has 0 radical (unpaired) electrons. The number of benzene rings is 10. The van der Waals surface area contributed by atoms with E-state index in [2.05, 4.69) is 304 Å². The smallest absolute Gasteiger partial charge is 0.0541 e. The van der Waals surface area contributed by atoms with Crippen molar-refractivity contribution >= 4 is 71.2 Å². The first-order valence-corrected chi connectivity index (χ1v) is 28.6. The van der Waals surface area contributed by atoms with E-state index < -0.39 is 0 Å². The van der Waals surface area contributed by atoms with Crippen LogP contribution in [-0.2, 0) is 32.5 Å². The highest BCUT2D eigenvalue weighted by Crippen LogP contribution is 2.49. The second-order valence-corrected chi connectivity index (χ2v) is 28.9. The number of anilines is 3. The molecule has 0 spiro atoms. The SMILES string of the molecule is CC(C)(C)c1cc(-c2cc(N(c3cc(C(C)(C)C)cc(C(C)(C)C)c3)c3ccc4ccc5c(-n6c7ccccc7c7ccccc76)ccc6ccc3c4c65)cc(C(C)(C)C)c2)cc(-c2cc(C(C)(C)C)cc(C(C)(C)C)c2)c1. The van der Waals surface area contributed by atoms with Crippen molar-refractivity contribution in [1.82, 2.24) is 4.57 Å². The number of nitrogens with zero attached hydrogens (tertiary/aromatic N) is 2. The second kappa shape index (κ2) is 18.2. The standard InChI is InChI=1S/C76H82N2/c1-71(2,3)53-36-49(51-38-54(72(4,5)6)42-55(39-51)73(7,8)9)35-50(37-53)52-40-56(74(10,11)12)44-59(41-52)77(60-45-57(75(13,14)15)43-58(46-60)76(16,17)18)67-33-29-47-28-32-64-68(34-30-48-27-31-63(67)69(47)70(48)64)78-65-25-21-19-23-61(65)62-24-20-22-26-66(62)78/h19-46H,1-18H3. The zero-order chi connectivity index (χ0) is 55.8. The van der Waals surface area contributed by atoms with Crippen molar-refractivity contribution < 1.29 is 0 Å². The van der Waals surface area contributed by atoms with Gasteiger partial charge in [0.25, 0.3) is 0 Å². The Labute approximate surface area is 466 Å². The van der Waals surface area contributed by atoms with Gasteiger partial charge in [-0.15, -0.1) is 0 Å². The Hall–Kier alpha value is -7.16. The molecular formula is C76H82N2. The second-order valence-electron chi connectivity index (χ2n) is 28.9. The molecule has 1 aromatic heterocycles. The van der Waals surface area contributed by atoms with Gasteiger partial charge < -0.3 is 9.47 Å². The molecule has 10 aromatic carbocycles. The molecule has 0 amide bonds. The highest BCUT2D eigenvalue weighted by molar-refractivity contribution is 6.27. The Morgan fingerprint density at radius 1 is 0.282 bits per heavy atom. The van der Waals surface area contributed by atoms with Crippen molar-refractivity contribution in [2.45, 2.75) is 157 Å². The van der Waals surface area contributed by atoms with E-state index >= 15 is 0 Å². The van der Waals surface area contributed by atoms with E-state index in [-0.39, 0.29) is 32.5 Å². The van der Waals surface area contributed by atoms with Crippen LogP contribution in [0.4, 0.5) is 17.1 Å². The van der Waals surface area contributed by atoms with Gasteiger partial charge in [-0.3, -0.25) is 0 Å². The Kier molecular flexibility index (Phi) is 12.3. The molecule has 2 nitrogen and oxygen atoms in total. The van der Waals surface area contributed by atoms with E-state index in [1.165, 1.54) is 127 Å². The normalized spacial score (nSPS) is 13.3. The zero-order valence-electron chi connectivity index (χ0n) is 50.1. The Bertz CT molecular complexity index is 4010. The molecule has 78 heavy (non-hydrogen) atoms.